The Bertz CT molecular complexity index is 1030. The molecular formula is C23H21NO5. The number of anilines is 1. The Morgan fingerprint density at radius 2 is 1.55 bits per heavy atom. The van der Waals surface area contributed by atoms with E-state index in [1.165, 1.54) is 14.2 Å². The number of esters is 2. The molecule has 6 heteroatoms. The van der Waals surface area contributed by atoms with Crippen LogP contribution in [0.3, 0.4) is 0 Å². The predicted octanol–water partition coefficient (Wildman–Crippen LogP) is 2.56. The predicted molar refractivity (Wildman–Crippen MR) is 106 cm³/mol. The highest BCUT2D eigenvalue weighted by Gasteiger charge is 2.53. The lowest BCUT2D eigenvalue weighted by Gasteiger charge is -2.35. The molecule has 2 aromatic rings. The number of hydrogen-bond acceptors (Lipinski definition) is 5. The topological polar surface area (TPSA) is 72.9 Å². The molecule has 0 bridgehead atoms. The Morgan fingerprint density at radius 3 is 2.21 bits per heavy atom. The standard InChI is InChI=1S/C23H21NO5/c1-24-18-11-7-6-10-17(18)23(22(24)27)13-12-15(14-8-4-5-9-16(14)23)19(20(25)28-2)21(26)29-3/h4-13,15,19H,1-3H3/t15-,23+/m1/s1. The highest BCUT2D eigenvalue weighted by molar-refractivity contribution is 6.12. The maximum absolute atomic E-state index is 13.4. The van der Waals surface area contributed by atoms with Crippen LogP contribution in [-0.2, 0) is 29.3 Å². The molecule has 148 valence electrons. The second-order valence-electron chi connectivity index (χ2n) is 7.19. The smallest absolute Gasteiger partial charge is 0.321 e. The molecule has 1 amide bonds. The SMILES string of the molecule is COC(=O)C(C(=O)OC)[C@@H]1C=C[C@]2(C(=O)N(C)c3ccccc32)c2ccccc21. The lowest BCUT2D eigenvalue weighted by Crippen LogP contribution is -2.42. The summed E-state index contributed by atoms with van der Waals surface area (Å²) in [6.07, 6.45) is 3.57. The fourth-order valence-electron chi connectivity index (χ4n) is 4.53. The van der Waals surface area contributed by atoms with Gasteiger partial charge in [-0.3, -0.25) is 14.4 Å². The number of carbonyl (C=O) groups excluding carboxylic acids is 3. The van der Waals surface area contributed by atoms with Crippen molar-refractivity contribution in [3.63, 3.8) is 0 Å². The van der Waals surface area contributed by atoms with E-state index in [9.17, 15) is 14.4 Å². The van der Waals surface area contributed by atoms with Crippen LogP contribution in [0.25, 0.3) is 0 Å². The van der Waals surface area contributed by atoms with Gasteiger partial charge in [-0.15, -0.1) is 0 Å². The summed E-state index contributed by atoms with van der Waals surface area (Å²) in [5.74, 6) is -3.17. The summed E-state index contributed by atoms with van der Waals surface area (Å²) >= 11 is 0. The number of likely N-dealkylation sites (N-methyl/N-ethyl adjacent to an activating group) is 1. The number of amides is 1. The normalized spacial score (nSPS) is 21.9. The third-order valence-corrected chi connectivity index (χ3v) is 5.90. The van der Waals surface area contributed by atoms with Gasteiger partial charge in [-0.1, -0.05) is 54.6 Å². The number of allylic oxidation sites excluding steroid dienone is 1. The molecule has 4 rings (SSSR count). The molecule has 1 spiro atoms. The van der Waals surface area contributed by atoms with Gasteiger partial charge in [0.15, 0.2) is 5.92 Å². The first-order valence-corrected chi connectivity index (χ1v) is 9.29. The molecule has 0 N–H and O–H groups in total. The van der Waals surface area contributed by atoms with Crippen LogP contribution >= 0.6 is 0 Å². The third kappa shape index (κ3) is 2.52. The van der Waals surface area contributed by atoms with Gasteiger partial charge in [0.2, 0.25) is 5.91 Å². The summed E-state index contributed by atoms with van der Waals surface area (Å²) < 4.78 is 9.73. The van der Waals surface area contributed by atoms with Crippen LogP contribution in [-0.4, -0.2) is 39.1 Å². The maximum Gasteiger partial charge on any atom is 0.321 e. The first-order valence-electron chi connectivity index (χ1n) is 9.29. The summed E-state index contributed by atoms with van der Waals surface area (Å²) in [4.78, 5) is 39.9. The molecule has 1 aliphatic carbocycles. The number of carbonyl (C=O) groups is 3. The number of methoxy groups -OCH3 is 2. The monoisotopic (exact) mass is 391 g/mol. The van der Waals surface area contributed by atoms with Crippen LogP contribution in [0.4, 0.5) is 5.69 Å². The first kappa shape index (κ1) is 18.9. The Morgan fingerprint density at radius 1 is 0.966 bits per heavy atom. The Labute approximate surface area is 168 Å². The zero-order valence-corrected chi connectivity index (χ0v) is 16.4. The van der Waals surface area contributed by atoms with Gasteiger partial charge in [-0.05, 0) is 22.8 Å². The zero-order chi connectivity index (χ0) is 20.8. The van der Waals surface area contributed by atoms with E-state index in [1.54, 1.807) is 18.0 Å². The molecule has 0 aromatic heterocycles. The molecule has 6 nitrogen and oxygen atoms in total. The van der Waals surface area contributed by atoms with E-state index in [2.05, 4.69) is 0 Å². The molecule has 0 saturated carbocycles. The zero-order valence-electron chi connectivity index (χ0n) is 16.4. The van der Waals surface area contributed by atoms with Gasteiger partial charge >= 0.3 is 11.9 Å². The molecule has 1 heterocycles. The van der Waals surface area contributed by atoms with Crippen molar-refractivity contribution in [3.8, 4) is 0 Å². The summed E-state index contributed by atoms with van der Waals surface area (Å²) in [5.41, 5.74) is 2.21. The average Bonchev–Trinajstić information content (AvgIpc) is 2.98. The van der Waals surface area contributed by atoms with Gasteiger partial charge in [0.25, 0.3) is 0 Å². The van der Waals surface area contributed by atoms with Crippen molar-refractivity contribution in [1.29, 1.82) is 0 Å². The summed E-state index contributed by atoms with van der Waals surface area (Å²) in [7, 11) is 4.23. The van der Waals surface area contributed by atoms with Crippen LogP contribution in [0.2, 0.25) is 0 Å². The third-order valence-electron chi connectivity index (χ3n) is 5.90. The largest absolute Gasteiger partial charge is 0.468 e. The summed E-state index contributed by atoms with van der Waals surface area (Å²) in [6.45, 7) is 0. The number of ether oxygens (including phenoxy) is 2. The van der Waals surface area contributed by atoms with Crippen LogP contribution in [0, 0.1) is 5.92 Å². The number of fused-ring (bicyclic) bond motifs is 4. The molecule has 0 saturated heterocycles. The van der Waals surface area contributed by atoms with Crippen LogP contribution in [0.5, 0.6) is 0 Å². The van der Waals surface area contributed by atoms with Crippen molar-refractivity contribution in [2.45, 2.75) is 11.3 Å². The molecule has 1 aliphatic heterocycles. The van der Waals surface area contributed by atoms with Crippen LogP contribution in [0.15, 0.2) is 60.7 Å². The molecule has 2 aromatic carbocycles. The Kier molecular flexibility index (Phi) is 4.49. The van der Waals surface area contributed by atoms with Crippen molar-refractivity contribution in [1.82, 2.24) is 0 Å². The molecule has 0 unspecified atom stereocenters. The summed E-state index contributed by atoms with van der Waals surface area (Å²) in [6, 6.07) is 15.1. The van der Waals surface area contributed by atoms with Crippen molar-refractivity contribution in [2.75, 3.05) is 26.2 Å². The van der Waals surface area contributed by atoms with Gasteiger partial charge in [-0.25, -0.2) is 0 Å². The Balaban J connectivity index is 1.94. The van der Waals surface area contributed by atoms with E-state index in [0.29, 0.717) is 0 Å². The van der Waals surface area contributed by atoms with Crippen molar-refractivity contribution < 1.29 is 23.9 Å². The fraction of sp³-hybridized carbons (Fsp3) is 0.261. The molecule has 2 atom stereocenters. The minimum atomic E-state index is -1.15. The minimum absolute atomic E-state index is 0.0754. The quantitative estimate of drug-likeness (QED) is 0.457. The van der Waals surface area contributed by atoms with Crippen LogP contribution in [0.1, 0.15) is 22.6 Å². The number of para-hydroxylation sites is 1. The summed E-state index contributed by atoms with van der Waals surface area (Å²) in [5, 5.41) is 0. The molecular weight excluding hydrogens is 370 g/mol. The van der Waals surface area contributed by atoms with Gasteiger partial charge in [0.1, 0.15) is 5.41 Å². The molecule has 2 aliphatic rings. The number of hydrogen-bond donors (Lipinski definition) is 0. The molecule has 0 radical (unpaired) electrons. The Hall–Kier alpha value is -3.41. The first-order chi connectivity index (χ1) is 14.0. The number of rotatable bonds is 3. The van der Waals surface area contributed by atoms with E-state index >= 15 is 0 Å². The highest BCUT2D eigenvalue weighted by atomic mass is 16.5. The van der Waals surface area contributed by atoms with E-state index in [1.807, 2.05) is 54.6 Å². The minimum Gasteiger partial charge on any atom is -0.468 e. The van der Waals surface area contributed by atoms with Gasteiger partial charge in [0.05, 0.1) is 14.2 Å². The second-order valence-corrected chi connectivity index (χ2v) is 7.19. The van der Waals surface area contributed by atoms with E-state index in [-0.39, 0.29) is 5.91 Å². The second kappa shape index (κ2) is 6.88. The number of nitrogens with zero attached hydrogens (tertiary/aromatic N) is 1. The highest BCUT2D eigenvalue weighted by Crippen LogP contribution is 2.52. The van der Waals surface area contributed by atoms with Gasteiger partial charge < -0.3 is 14.4 Å². The lowest BCUT2D eigenvalue weighted by molar-refractivity contribution is -0.159. The van der Waals surface area contributed by atoms with Gasteiger partial charge in [-0.2, -0.15) is 0 Å². The fourth-order valence-corrected chi connectivity index (χ4v) is 4.53. The molecule has 0 fully saturated rings. The number of benzene rings is 2. The lowest BCUT2D eigenvalue weighted by atomic mass is 9.66. The van der Waals surface area contributed by atoms with Crippen molar-refractivity contribution in [2.24, 2.45) is 5.92 Å². The van der Waals surface area contributed by atoms with Crippen LogP contribution < -0.4 is 4.90 Å². The van der Waals surface area contributed by atoms with E-state index in [0.717, 1.165) is 22.4 Å². The van der Waals surface area contributed by atoms with Gasteiger partial charge in [0, 0.05) is 18.7 Å². The van der Waals surface area contributed by atoms with Crippen molar-refractivity contribution in [3.05, 3.63) is 77.4 Å². The van der Waals surface area contributed by atoms with Crippen molar-refractivity contribution >= 4 is 23.5 Å². The maximum atomic E-state index is 13.4. The van der Waals surface area contributed by atoms with E-state index in [4.69, 9.17) is 9.47 Å². The van der Waals surface area contributed by atoms with E-state index < -0.39 is 29.2 Å². The average molecular weight is 391 g/mol. The molecule has 29 heavy (non-hydrogen) atoms.